The van der Waals surface area contributed by atoms with Gasteiger partial charge in [-0.3, -0.25) is 0 Å². The van der Waals surface area contributed by atoms with Crippen LogP contribution in [0.15, 0.2) is 48.5 Å². The first kappa shape index (κ1) is 12.2. The Balaban J connectivity index is 1.89. The number of hydrogen-bond acceptors (Lipinski definition) is 2. The molecule has 2 aromatic rings. The number of nitrogens with zero attached hydrogens (tertiary/aromatic N) is 1. The van der Waals surface area contributed by atoms with Gasteiger partial charge in [-0.1, -0.05) is 48.0 Å². The largest absolute Gasteiger partial charge is 0.367 e. The first-order chi connectivity index (χ1) is 9.24. The van der Waals surface area contributed by atoms with Crippen LogP contribution in [-0.2, 0) is 6.54 Å². The van der Waals surface area contributed by atoms with E-state index in [9.17, 15) is 0 Å². The van der Waals surface area contributed by atoms with Gasteiger partial charge >= 0.3 is 0 Å². The fourth-order valence-electron chi connectivity index (χ4n) is 2.86. The predicted octanol–water partition coefficient (Wildman–Crippen LogP) is 3.41. The maximum Gasteiger partial charge on any atom is 0.0429 e. The topological polar surface area (TPSA) is 29.3 Å². The zero-order valence-corrected chi connectivity index (χ0v) is 11.3. The third kappa shape index (κ3) is 2.49. The highest BCUT2D eigenvalue weighted by Crippen LogP contribution is 2.32. The normalized spacial score (nSPS) is 18.2. The van der Waals surface area contributed by atoms with Gasteiger partial charge in [0.15, 0.2) is 0 Å². The van der Waals surface area contributed by atoms with Gasteiger partial charge in [-0.15, -0.1) is 0 Å². The molecule has 0 amide bonds. The van der Waals surface area contributed by atoms with Crippen LogP contribution in [0.4, 0.5) is 5.69 Å². The fraction of sp³-hybridized carbons (Fsp3) is 0.294. The van der Waals surface area contributed by atoms with Crippen LogP contribution >= 0.6 is 0 Å². The van der Waals surface area contributed by atoms with Crippen LogP contribution in [0.3, 0.4) is 0 Å². The van der Waals surface area contributed by atoms with E-state index in [-0.39, 0.29) is 6.04 Å². The Hall–Kier alpha value is -1.80. The van der Waals surface area contributed by atoms with Gasteiger partial charge in [0.1, 0.15) is 0 Å². The van der Waals surface area contributed by atoms with Crippen molar-refractivity contribution in [1.29, 1.82) is 0 Å². The maximum atomic E-state index is 6.20. The van der Waals surface area contributed by atoms with Crippen molar-refractivity contribution in [2.45, 2.75) is 25.9 Å². The highest BCUT2D eigenvalue weighted by atomic mass is 15.1. The summed E-state index contributed by atoms with van der Waals surface area (Å²) in [5.74, 6) is 0. The van der Waals surface area contributed by atoms with E-state index >= 15 is 0 Å². The molecule has 1 atom stereocenters. The summed E-state index contributed by atoms with van der Waals surface area (Å²) in [6.07, 6.45) is 1.03. The lowest BCUT2D eigenvalue weighted by atomic mass is 9.96. The lowest BCUT2D eigenvalue weighted by Crippen LogP contribution is -2.33. The summed E-state index contributed by atoms with van der Waals surface area (Å²) in [5.41, 5.74) is 11.5. The molecule has 2 nitrogen and oxygen atoms in total. The summed E-state index contributed by atoms with van der Waals surface area (Å²) in [7, 11) is 0. The molecule has 3 rings (SSSR count). The zero-order valence-electron chi connectivity index (χ0n) is 11.3. The molecule has 1 heterocycles. The van der Waals surface area contributed by atoms with Gasteiger partial charge in [0.2, 0.25) is 0 Å². The summed E-state index contributed by atoms with van der Waals surface area (Å²) in [6.45, 7) is 4.14. The van der Waals surface area contributed by atoms with Gasteiger partial charge < -0.3 is 10.6 Å². The van der Waals surface area contributed by atoms with Crippen molar-refractivity contribution in [2.75, 3.05) is 11.4 Å². The Morgan fingerprint density at radius 2 is 2.00 bits per heavy atom. The first-order valence-electron chi connectivity index (χ1n) is 6.89. The number of fused-ring (bicyclic) bond motifs is 1. The van der Waals surface area contributed by atoms with Crippen molar-refractivity contribution in [3.05, 3.63) is 65.2 Å². The van der Waals surface area contributed by atoms with E-state index in [0.717, 1.165) is 19.5 Å². The van der Waals surface area contributed by atoms with Gasteiger partial charge in [-0.05, 0) is 30.5 Å². The minimum absolute atomic E-state index is 0.185. The molecule has 1 aliphatic rings. The Bertz CT molecular complexity index is 577. The quantitative estimate of drug-likeness (QED) is 0.887. The molecule has 0 fully saturated rings. The van der Waals surface area contributed by atoms with E-state index < -0.39 is 0 Å². The molecular weight excluding hydrogens is 232 g/mol. The van der Waals surface area contributed by atoms with Crippen LogP contribution in [0.2, 0.25) is 0 Å². The third-order valence-corrected chi connectivity index (χ3v) is 3.84. The Morgan fingerprint density at radius 3 is 2.84 bits per heavy atom. The standard InChI is InChI=1S/C17H20N2/c1-13-5-4-6-14(11-13)12-19-10-9-16(18)15-7-2-3-8-17(15)19/h2-8,11,16H,9-10,12,18H2,1H3. The molecule has 0 saturated heterocycles. The number of para-hydroxylation sites is 1. The van der Waals surface area contributed by atoms with Crippen molar-refractivity contribution in [2.24, 2.45) is 5.73 Å². The molecule has 0 bridgehead atoms. The molecule has 0 radical (unpaired) electrons. The van der Waals surface area contributed by atoms with Crippen LogP contribution in [0, 0.1) is 6.92 Å². The van der Waals surface area contributed by atoms with Crippen LogP contribution < -0.4 is 10.6 Å². The Labute approximate surface area is 114 Å². The van der Waals surface area contributed by atoms with Gasteiger partial charge in [-0.25, -0.2) is 0 Å². The van der Waals surface area contributed by atoms with Crippen LogP contribution in [0.5, 0.6) is 0 Å². The molecule has 0 spiro atoms. The number of benzene rings is 2. The molecule has 2 heteroatoms. The smallest absolute Gasteiger partial charge is 0.0429 e. The average molecular weight is 252 g/mol. The second kappa shape index (κ2) is 5.06. The van der Waals surface area contributed by atoms with Gasteiger partial charge in [0.05, 0.1) is 0 Å². The zero-order chi connectivity index (χ0) is 13.2. The molecule has 98 valence electrons. The van der Waals surface area contributed by atoms with Crippen molar-refractivity contribution in [3.63, 3.8) is 0 Å². The molecule has 2 N–H and O–H groups in total. The van der Waals surface area contributed by atoms with E-state index in [4.69, 9.17) is 5.73 Å². The van der Waals surface area contributed by atoms with Crippen molar-refractivity contribution in [3.8, 4) is 0 Å². The first-order valence-corrected chi connectivity index (χ1v) is 6.89. The van der Waals surface area contributed by atoms with Crippen molar-refractivity contribution >= 4 is 5.69 Å². The van der Waals surface area contributed by atoms with Crippen LogP contribution in [0.25, 0.3) is 0 Å². The molecule has 1 aliphatic heterocycles. The molecule has 0 saturated carbocycles. The van der Waals surface area contributed by atoms with Crippen molar-refractivity contribution in [1.82, 2.24) is 0 Å². The second-order valence-electron chi connectivity index (χ2n) is 5.36. The molecular formula is C17H20N2. The second-order valence-corrected chi connectivity index (χ2v) is 5.36. The highest BCUT2D eigenvalue weighted by Gasteiger charge is 2.21. The van der Waals surface area contributed by atoms with Gasteiger partial charge in [0.25, 0.3) is 0 Å². The number of anilines is 1. The minimum atomic E-state index is 0.185. The van der Waals surface area contributed by atoms with E-state index in [2.05, 4.69) is 60.4 Å². The summed E-state index contributed by atoms with van der Waals surface area (Å²) in [6, 6.07) is 17.4. The lowest BCUT2D eigenvalue weighted by molar-refractivity contribution is 0.590. The van der Waals surface area contributed by atoms with Gasteiger partial charge in [0, 0.05) is 24.8 Å². The van der Waals surface area contributed by atoms with E-state index in [1.165, 1.54) is 22.4 Å². The molecule has 1 unspecified atom stereocenters. The molecule has 19 heavy (non-hydrogen) atoms. The van der Waals surface area contributed by atoms with E-state index in [1.54, 1.807) is 0 Å². The predicted molar refractivity (Wildman–Crippen MR) is 80.2 cm³/mol. The lowest BCUT2D eigenvalue weighted by Gasteiger charge is -2.34. The monoisotopic (exact) mass is 252 g/mol. The van der Waals surface area contributed by atoms with E-state index in [0.29, 0.717) is 0 Å². The molecule has 2 aromatic carbocycles. The maximum absolute atomic E-state index is 6.20. The van der Waals surface area contributed by atoms with Crippen LogP contribution in [-0.4, -0.2) is 6.54 Å². The minimum Gasteiger partial charge on any atom is -0.367 e. The fourth-order valence-corrected chi connectivity index (χ4v) is 2.86. The summed E-state index contributed by atoms with van der Waals surface area (Å²) in [4.78, 5) is 2.44. The number of nitrogens with two attached hydrogens (primary N) is 1. The third-order valence-electron chi connectivity index (χ3n) is 3.84. The number of aryl methyl sites for hydroxylation is 1. The molecule has 0 aliphatic carbocycles. The van der Waals surface area contributed by atoms with Crippen molar-refractivity contribution < 1.29 is 0 Å². The SMILES string of the molecule is Cc1cccc(CN2CCC(N)c3ccccc32)c1. The van der Waals surface area contributed by atoms with Crippen LogP contribution in [0.1, 0.15) is 29.2 Å². The number of rotatable bonds is 2. The summed E-state index contributed by atoms with van der Waals surface area (Å²) in [5, 5.41) is 0. The molecule has 0 aromatic heterocycles. The van der Waals surface area contributed by atoms with Gasteiger partial charge in [-0.2, -0.15) is 0 Å². The number of hydrogen-bond donors (Lipinski definition) is 1. The highest BCUT2D eigenvalue weighted by molar-refractivity contribution is 5.57. The Morgan fingerprint density at radius 1 is 1.16 bits per heavy atom. The van der Waals surface area contributed by atoms with E-state index in [1.807, 2.05) is 0 Å². The average Bonchev–Trinajstić information content (AvgIpc) is 2.42. The summed E-state index contributed by atoms with van der Waals surface area (Å²) >= 11 is 0. The Kier molecular flexibility index (Phi) is 3.26. The summed E-state index contributed by atoms with van der Waals surface area (Å²) < 4.78 is 0.